The van der Waals surface area contributed by atoms with Crippen molar-refractivity contribution in [2.45, 2.75) is 0 Å². The van der Waals surface area contributed by atoms with E-state index in [1.54, 1.807) is 0 Å². The zero-order valence-electron chi connectivity index (χ0n) is 6.29. The van der Waals surface area contributed by atoms with Crippen molar-refractivity contribution in [3.63, 3.8) is 0 Å². The Morgan fingerprint density at radius 2 is 2.17 bits per heavy atom. The van der Waals surface area contributed by atoms with E-state index >= 15 is 0 Å². The molecule has 2 N–H and O–H groups in total. The molecular weight excluding hydrogens is 216 g/mol. The smallest absolute Gasteiger partial charge is 0.0933 e. The lowest BCUT2D eigenvalue weighted by molar-refractivity contribution is 1.47. The van der Waals surface area contributed by atoms with E-state index in [0.29, 0.717) is 5.70 Å². The molecule has 2 nitrogen and oxygen atoms in total. The molecule has 0 aliphatic heterocycles. The summed E-state index contributed by atoms with van der Waals surface area (Å²) >= 11 is 3.34. The van der Waals surface area contributed by atoms with Gasteiger partial charge in [0.2, 0.25) is 0 Å². The molecule has 0 heterocycles. The number of nitrogens with two attached hydrogens (primary N) is 1. The van der Waals surface area contributed by atoms with Crippen molar-refractivity contribution in [1.82, 2.24) is 0 Å². The Balaban J connectivity index is 3.13. The molecular formula is C9H7BrN2. The molecule has 0 aliphatic rings. The van der Waals surface area contributed by atoms with Crippen LogP contribution in [-0.4, -0.2) is 0 Å². The van der Waals surface area contributed by atoms with Crippen LogP contribution in [-0.2, 0) is 0 Å². The maximum Gasteiger partial charge on any atom is 0.0933 e. The second-order valence-corrected chi connectivity index (χ2v) is 3.06. The van der Waals surface area contributed by atoms with E-state index in [1.165, 1.54) is 6.08 Å². The van der Waals surface area contributed by atoms with Crippen LogP contribution in [0.2, 0.25) is 0 Å². The summed E-state index contributed by atoms with van der Waals surface area (Å²) < 4.78 is 0.897. The third-order valence-electron chi connectivity index (χ3n) is 1.40. The highest BCUT2D eigenvalue weighted by molar-refractivity contribution is 9.10. The van der Waals surface area contributed by atoms with Gasteiger partial charge in [-0.05, 0) is 6.07 Å². The highest BCUT2D eigenvalue weighted by Crippen LogP contribution is 2.20. The molecule has 1 aromatic rings. The molecule has 0 amide bonds. The van der Waals surface area contributed by atoms with Gasteiger partial charge in [-0.3, -0.25) is 0 Å². The fourth-order valence-electron chi connectivity index (χ4n) is 0.843. The molecule has 0 spiro atoms. The number of hydrogen-bond donors (Lipinski definition) is 1. The van der Waals surface area contributed by atoms with Gasteiger partial charge in [-0.1, -0.05) is 34.1 Å². The maximum absolute atomic E-state index is 8.37. The average Bonchev–Trinajstić information content (AvgIpc) is 2.05. The molecule has 0 aromatic heterocycles. The fourth-order valence-corrected chi connectivity index (χ4v) is 1.36. The minimum atomic E-state index is 0.477. The predicted octanol–water partition coefficient (Wildman–Crippen LogP) is 2.27. The molecule has 0 atom stereocenters. The Hall–Kier alpha value is -1.27. The minimum absolute atomic E-state index is 0.477. The van der Waals surface area contributed by atoms with Crippen molar-refractivity contribution in [3.8, 4) is 6.07 Å². The van der Waals surface area contributed by atoms with Crippen LogP contribution in [0.25, 0.3) is 5.70 Å². The van der Waals surface area contributed by atoms with E-state index in [2.05, 4.69) is 15.9 Å². The number of rotatable bonds is 1. The van der Waals surface area contributed by atoms with Gasteiger partial charge in [-0.25, -0.2) is 0 Å². The van der Waals surface area contributed by atoms with Crippen LogP contribution < -0.4 is 5.73 Å². The zero-order valence-corrected chi connectivity index (χ0v) is 7.88. The quantitative estimate of drug-likeness (QED) is 0.742. The fraction of sp³-hybridized carbons (Fsp3) is 0. The van der Waals surface area contributed by atoms with Crippen molar-refractivity contribution in [2.24, 2.45) is 5.73 Å². The molecule has 0 radical (unpaired) electrons. The van der Waals surface area contributed by atoms with E-state index in [1.807, 2.05) is 30.3 Å². The monoisotopic (exact) mass is 222 g/mol. The normalized spacial score (nSPS) is 10.8. The summed E-state index contributed by atoms with van der Waals surface area (Å²) in [5.74, 6) is 0. The Bertz CT molecular complexity index is 350. The highest BCUT2D eigenvalue weighted by Gasteiger charge is 1.99. The van der Waals surface area contributed by atoms with E-state index in [4.69, 9.17) is 11.0 Å². The van der Waals surface area contributed by atoms with Crippen LogP contribution in [0.1, 0.15) is 5.56 Å². The summed E-state index contributed by atoms with van der Waals surface area (Å²) in [5, 5.41) is 8.37. The Labute approximate surface area is 79.4 Å². The molecule has 12 heavy (non-hydrogen) atoms. The van der Waals surface area contributed by atoms with Crippen molar-refractivity contribution in [2.75, 3.05) is 0 Å². The van der Waals surface area contributed by atoms with Crippen molar-refractivity contribution < 1.29 is 0 Å². The number of hydrogen-bond acceptors (Lipinski definition) is 2. The van der Waals surface area contributed by atoms with Gasteiger partial charge in [-0.2, -0.15) is 5.26 Å². The average molecular weight is 223 g/mol. The van der Waals surface area contributed by atoms with E-state index in [9.17, 15) is 0 Å². The Morgan fingerprint density at radius 3 is 2.75 bits per heavy atom. The van der Waals surface area contributed by atoms with Gasteiger partial charge in [0.15, 0.2) is 0 Å². The molecule has 0 bridgehead atoms. The third kappa shape index (κ3) is 1.86. The second kappa shape index (κ2) is 3.93. The Kier molecular flexibility index (Phi) is 2.89. The number of allylic oxidation sites excluding steroid dienone is 1. The first-order chi connectivity index (χ1) is 5.75. The SMILES string of the molecule is N#C/C=C(\N)c1ccccc1Br. The van der Waals surface area contributed by atoms with Gasteiger partial charge >= 0.3 is 0 Å². The second-order valence-electron chi connectivity index (χ2n) is 2.21. The first-order valence-electron chi connectivity index (χ1n) is 3.36. The topological polar surface area (TPSA) is 49.8 Å². The highest BCUT2D eigenvalue weighted by atomic mass is 79.9. The molecule has 0 aliphatic carbocycles. The van der Waals surface area contributed by atoms with Gasteiger partial charge < -0.3 is 5.73 Å². The number of nitriles is 1. The van der Waals surface area contributed by atoms with Crippen LogP contribution in [0.5, 0.6) is 0 Å². The lowest BCUT2D eigenvalue weighted by Crippen LogP contribution is -1.96. The molecule has 0 saturated carbocycles. The van der Waals surface area contributed by atoms with Crippen molar-refractivity contribution in [1.29, 1.82) is 5.26 Å². The first kappa shape index (κ1) is 8.82. The largest absolute Gasteiger partial charge is 0.398 e. The summed E-state index contributed by atoms with van der Waals surface area (Å²) in [6, 6.07) is 9.39. The Morgan fingerprint density at radius 1 is 1.50 bits per heavy atom. The summed E-state index contributed by atoms with van der Waals surface area (Å²) in [6.07, 6.45) is 1.32. The molecule has 60 valence electrons. The molecule has 0 fully saturated rings. The lowest BCUT2D eigenvalue weighted by atomic mass is 10.1. The molecule has 0 unspecified atom stereocenters. The zero-order chi connectivity index (χ0) is 8.97. The van der Waals surface area contributed by atoms with Gasteiger partial charge in [0.05, 0.1) is 11.8 Å². The molecule has 3 heteroatoms. The third-order valence-corrected chi connectivity index (χ3v) is 2.10. The van der Waals surface area contributed by atoms with Crippen LogP contribution in [0, 0.1) is 11.3 Å². The van der Waals surface area contributed by atoms with Crippen LogP contribution in [0.4, 0.5) is 0 Å². The van der Waals surface area contributed by atoms with Crippen LogP contribution in [0.3, 0.4) is 0 Å². The summed E-state index contributed by atoms with van der Waals surface area (Å²) in [5.41, 5.74) is 6.94. The minimum Gasteiger partial charge on any atom is -0.398 e. The van der Waals surface area contributed by atoms with Crippen LogP contribution >= 0.6 is 15.9 Å². The molecule has 1 aromatic carbocycles. The van der Waals surface area contributed by atoms with Crippen LogP contribution in [0.15, 0.2) is 34.8 Å². The molecule has 1 rings (SSSR count). The van der Waals surface area contributed by atoms with Gasteiger partial charge in [0.1, 0.15) is 0 Å². The molecule has 0 saturated heterocycles. The summed E-state index contributed by atoms with van der Waals surface area (Å²) in [7, 11) is 0. The standard InChI is InChI=1S/C9H7BrN2/c10-8-4-2-1-3-7(8)9(12)5-6-11/h1-5H,12H2/b9-5-. The van der Waals surface area contributed by atoms with Crippen molar-refractivity contribution in [3.05, 3.63) is 40.4 Å². The number of nitrogens with zero attached hydrogens (tertiary/aromatic N) is 1. The summed E-state index contributed by atoms with van der Waals surface area (Å²) in [6.45, 7) is 0. The first-order valence-corrected chi connectivity index (χ1v) is 4.15. The van der Waals surface area contributed by atoms with E-state index in [0.717, 1.165) is 10.0 Å². The lowest BCUT2D eigenvalue weighted by Gasteiger charge is -2.01. The van der Waals surface area contributed by atoms with E-state index in [-0.39, 0.29) is 0 Å². The number of halogens is 1. The summed E-state index contributed by atoms with van der Waals surface area (Å²) in [4.78, 5) is 0. The maximum atomic E-state index is 8.37. The van der Waals surface area contributed by atoms with Crippen molar-refractivity contribution >= 4 is 21.6 Å². The van der Waals surface area contributed by atoms with Gasteiger partial charge in [-0.15, -0.1) is 0 Å². The number of benzene rings is 1. The predicted molar refractivity (Wildman–Crippen MR) is 51.9 cm³/mol. The van der Waals surface area contributed by atoms with E-state index < -0.39 is 0 Å². The van der Waals surface area contributed by atoms with Gasteiger partial charge in [0, 0.05) is 16.1 Å². The van der Waals surface area contributed by atoms with Gasteiger partial charge in [0.25, 0.3) is 0 Å².